The first-order valence-corrected chi connectivity index (χ1v) is 9.48. The molecule has 4 rings (SSSR count). The third-order valence-corrected chi connectivity index (χ3v) is 5.11. The Morgan fingerprint density at radius 2 is 2.06 bits per heavy atom. The Morgan fingerprint density at radius 1 is 1.29 bits per heavy atom. The van der Waals surface area contributed by atoms with Crippen LogP contribution < -0.4 is 9.47 Å². The van der Waals surface area contributed by atoms with Crippen molar-refractivity contribution in [1.82, 2.24) is 24.5 Å². The third kappa shape index (κ3) is 4.19. The number of fused-ring (bicyclic) bond motifs is 2. The molecule has 3 heterocycles. The Hall–Kier alpha value is -3.18. The molecule has 11 heteroatoms. The van der Waals surface area contributed by atoms with Crippen LogP contribution in [0.4, 0.5) is 13.2 Å². The maximum absolute atomic E-state index is 13.3. The fraction of sp³-hybridized carbons (Fsp3) is 0.350. The van der Waals surface area contributed by atoms with Crippen molar-refractivity contribution in [1.29, 1.82) is 0 Å². The molecule has 0 radical (unpaired) electrons. The second-order valence-corrected chi connectivity index (χ2v) is 7.08. The molecular weight excluding hydrogens is 415 g/mol. The molecular formula is C20H20F3N5O3. The first kappa shape index (κ1) is 21.1. The van der Waals surface area contributed by atoms with Gasteiger partial charge in [0.1, 0.15) is 6.33 Å². The van der Waals surface area contributed by atoms with Gasteiger partial charge in [-0.05, 0) is 36.3 Å². The van der Waals surface area contributed by atoms with Crippen LogP contribution in [0.2, 0.25) is 0 Å². The van der Waals surface area contributed by atoms with Crippen LogP contribution in [-0.4, -0.2) is 56.1 Å². The molecule has 2 aromatic heterocycles. The van der Waals surface area contributed by atoms with Crippen molar-refractivity contribution < 1.29 is 27.8 Å². The average Bonchev–Trinajstić information content (AvgIpc) is 3.39. The van der Waals surface area contributed by atoms with Gasteiger partial charge in [-0.3, -0.25) is 4.90 Å². The van der Waals surface area contributed by atoms with Gasteiger partial charge >= 0.3 is 6.18 Å². The third-order valence-electron chi connectivity index (χ3n) is 5.11. The van der Waals surface area contributed by atoms with Crippen molar-refractivity contribution in [3.05, 3.63) is 54.1 Å². The highest BCUT2D eigenvalue weighted by Gasteiger charge is 2.34. The lowest BCUT2D eigenvalue weighted by molar-refractivity contribution is -0.141. The quantitative estimate of drug-likeness (QED) is 0.611. The van der Waals surface area contributed by atoms with E-state index in [0.29, 0.717) is 17.1 Å². The van der Waals surface area contributed by atoms with Crippen LogP contribution in [0.5, 0.6) is 11.5 Å². The summed E-state index contributed by atoms with van der Waals surface area (Å²) < 4.78 is 51.9. The summed E-state index contributed by atoms with van der Waals surface area (Å²) in [7, 11) is 0. The fourth-order valence-corrected chi connectivity index (χ4v) is 3.46. The fourth-order valence-electron chi connectivity index (χ4n) is 3.46. The summed E-state index contributed by atoms with van der Waals surface area (Å²) in [5.41, 5.74) is 0.365. The molecule has 1 aromatic carbocycles. The van der Waals surface area contributed by atoms with Crippen LogP contribution in [0.3, 0.4) is 0 Å². The van der Waals surface area contributed by atoms with E-state index in [2.05, 4.69) is 21.6 Å². The van der Waals surface area contributed by atoms with E-state index in [4.69, 9.17) is 9.47 Å². The Labute approximate surface area is 175 Å². The van der Waals surface area contributed by atoms with Crippen molar-refractivity contribution in [3.63, 3.8) is 0 Å². The molecule has 8 nitrogen and oxygen atoms in total. The summed E-state index contributed by atoms with van der Waals surface area (Å²) in [5, 5.41) is 13.5. The molecule has 1 unspecified atom stereocenters. The molecule has 0 amide bonds. The summed E-state index contributed by atoms with van der Waals surface area (Å²) in [6.07, 6.45) is -3.49. The van der Waals surface area contributed by atoms with Gasteiger partial charge in [-0.2, -0.15) is 27.8 Å². The van der Waals surface area contributed by atoms with Gasteiger partial charge in [-0.15, -0.1) is 0 Å². The molecule has 0 bridgehead atoms. The summed E-state index contributed by atoms with van der Waals surface area (Å²) in [6, 6.07) is 6.26. The van der Waals surface area contributed by atoms with E-state index in [1.807, 2.05) is 24.0 Å². The van der Waals surface area contributed by atoms with Gasteiger partial charge < -0.3 is 14.6 Å². The van der Waals surface area contributed by atoms with E-state index in [-0.39, 0.29) is 44.0 Å². The zero-order valence-corrected chi connectivity index (χ0v) is 16.6. The Morgan fingerprint density at radius 3 is 2.81 bits per heavy atom. The highest BCUT2D eigenvalue weighted by atomic mass is 19.4. The van der Waals surface area contributed by atoms with Crippen LogP contribution in [-0.2, 0) is 6.18 Å². The van der Waals surface area contributed by atoms with Crippen molar-refractivity contribution in [2.75, 3.05) is 26.5 Å². The topological polar surface area (TPSA) is 85.0 Å². The maximum Gasteiger partial charge on any atom is 0.433 e. The number of aliphatic hydroxyl groups excluding tert-OH is 1. The highest BCUT2D eigenvalue weighted by molar-refractivity contribution is 5.64. The van der Waals surface area contributed by atoms with E-state index < -0.39 is 11.9 Å². The minimum atomic E-state index is -4.63. The molecule has 0 aliphatic carbocycles. The molecule has 1 N–H and O–H groups in total. The van der Waals surface area contributed by atoms with Crippen molar-refractivity contribution in [2.24, 2.45) is 0 Å². The minimum absolute atomic E-state index is 0.134. The van der Waals surface area contributed by atoms with E-state index in [9.17, 15) is 18.3 Å². The van der Waals surface area contributed by atoms with Crippen LogP contribution in [0, 0.1) is 0 Å². The van der Waals surface area contributed by atoms with Crippen LogP contribution in [0.15, 0.2) is 37.2 Å². The first-order chi connectivity index (χ1) is 14.8. The second-order valence-electron chi connectivity index (χ2n) is 7.08. The first-order valence-electron chi connectivity index (χ1n) is 9.48. The van der Waals surface area contributed by atoms with E-state index in [0.717, 1.165) is 18.0 Å². The predicted octanol–water partition coefficient (Wildman–Crippen LogP) is 2.94. The average molecular weight is 435 g/mol. The van der Waals surface area contributed by atoms with Crippen LogP contribution in [0.1, 0.15) is 29.9 Å². The molecule has 0 saturated heterocycles. The Kier molecular flexibility index (Phi) is 5.54. The molecule has 1 aliphatic rings. The van der Waals surface area contributed by atoms with Crippen molar-refractivity contribution >= 4 is 11.4 Å². The molecule has 164 valence electrons. The van der Waals surface area contributed by atoms with Gasteiger partial charge in [0.15, 0.2) is 17.2 Å². The SMILES string of the molecule is C=C(CN(CCO)C(C)c1ccc2c(c1)OCO2)c1cc(C(F)(F)F)nc2ncnn12. The monoisotopic (exact) mass is 435 g/mol. The van der Waals surface area contributed by atoms with Gasteiger partial charge in [0.25, 0.3) is 5.78 Å². The number of rotatable bonds is 7. The largest absolute Gasteiger partial charge is 0.454 e. The van der Waals surface area contributed by atoms with Crippen LogP contribution >= 0.6 is 0 Å². The smallest absolute Gasteiger partial charge is 0.433 e. The lowest BCUT2D eigenvalue weighted by Gasteiger charge is -2.29. The highest BCUT2D eigenvalue weighted by Crippen LogP contribution is 2.36. The molecule has 3 aromatic rings. The zero-order chi connectivity index (χ0) is 22.2. The number of aliphatic hydroxyl groups is 1. The molecule has 0 fully saturated rings. The lowest BCUT2D eigenvalue weighted by atomic mass is 10.0. The standard InChI is InChI=1S/C20H20F3N5O3/c1-12(15-8-18(20(21,22)23)26-19-24-10-25-28(15)19)9-27(5-6-29)13(2)14-3-4-16-17(7-14)31-11-30-16/h3-4,7-8,10,13,29H,1,5-6,9,11H2,2H3. The van der Waals surface area contributed by atoms with Gasteiger partial charge in [0, 0.05) is 19.1 Å². The molecule has 1 aliphatic heterocycles. The molecule has 0 saturated carbocycles. The summed E-state index contributed by atoms with van der Waals surface area (Å²) in [6.45, 7) is 6.40. The number of benzene rings is 1. The minimum Gasteiger partial charge on any atom is -0.454 e. The molecule has 0 spiro atoms. The number of aromatic nitrogens is 4. The van der Waals surface area contributed by atoms with E-state index in [1.165, 1.54) is 4.52 Å². The van der Waals surface area contributed by atoms with Crippen molar-refractivity contribution in [2.45, 2.75) is 19.1 Å². The number of hydrogen-bond acceptors (Lipinski definition) is 7. The summed E-state index contributed by atoms with van der Waals surface area (Å²) >= 11 is 0. The second kappa shape index (κ2) is 8.16. The lowest BCUT2D eigenvalue weighted by Crippen LogP contribution is -2.31. The Bertz CT molecular complexity index is 1120. The van der Waals surface area contributed by atoms with E-state index >= 15 is 0 Å². The number of nitrogens with zero attached hydrogens (tertiary/aromatic N) is 5. The van der Waals surface area contributed by atoms with E-state index in [1.54, 1.807) is 6.07 Å². The predicted molar refractivity (Wildman–Crippen MR) is 104 cm³/mol. The summed E-state index contributed by atoms with van der Waals surface area (Å²) in [4.78, 5) is 9.21. The number of ether oxygens (including phenoxy) is 2. The summed E-state index contributed by atoms with van der Waals surface area (Å²) in [5.74, 6) is 1.11. The maximum atomic E-state index is 13.3. The van der Waals surface area contributed by atoms with Gasteiger partial charge in [-0.25, -0.2) is 4.98 Å². The van der Waals surface area contributed by atoms with Gasteiger partial charge in [0.2, 0.25) is 6.79 Å². The van der Waals surface area contributed by atoms with Gasteiger partial charge in [-0.1, -0.05) is 12.6 Å². The van der Waals surface area contributed by atoms with Gasteiger partial charge in [0.05, 0.1) is 12.3 Å². The Balaban J connectivity index is 1.63. The molecule has 1 atom stereocenters. The van der Waals surface area contributed by atoms with Crippen LogP contribution in [0.25, 0.3) is 11.4 Å². The normalized spacial score (nSPS) is 14.4. The number of halogens is 3. The molecule has 31 heavy (non-hydrogen) atoms. The number of hydrogen-bond donors (Lipinski definition) is 1. The van der Waals surface area contributed by atoms with Crippen molar-refractivity contribution in [3.8, 4) is 11.5 Å². The zero-order valence-electron chi connectivity index (χ0n) is 16.6. The number of alkyl halides is 3.